The van der Waals surface area contributed by atoms with Crippen LogP contribution in [-0.4, -0.2) is 9.13 Å². The fraction of sp³-hybridized carbons (Fsp3) is 0.129. The molecule has 0 saturated heterocycles. The second-order valence-corrected chi connectivity index (χ2v) is 17.4. The Kier molecular flexibility index (Phi) is 10.5. The van der Waals surface area contributed by atoms with E-state index in [9.17, 15) is 0 Å². The summed E-state index contributed by atoms with van der Waals surface area (Å²) in [6.45, 7) is 4.54. The van der Waals surface area contributed by atoms with Crippen LogP contribution in [0.4, 0.5) is 0 Å². The molecule has 0 aliphatic rings. The molecule has 9 aromatic carbocycles. The molecule has 0 amide bonds. The highest BCUT2D eigenvalue weighted by Crippen LogP contribution is 2.44. The maximum absolute atomic E-state index is 2.52. The van der Waals surface area contributed by atoms with Crippen LogP contribution in [0, 0.1) is 0 Å². The van der Waals surface area contributed by atoms with Gasteiger partial charge in [0.1, 0.15) is 0 Å². The predicted molar refractivity (Wildman–Crippen MR) is 274 cm³/mol. The molecule has 0 fully saturated rings. The number of fused-ring (bicyclic) bond motifs is 7. The van der Waals surface area contributed by atoms with E-state index < -0.39 is 0 Å². The number of aromatic nitrogens is 2. The van der Waals surface area contributed by atoms with Crippen molar-refractivity contribution < 1.29 is 0 Å². The van der Waals surface area contributed by atoms with Crippen LogP contribution in [0.25, 0.3) is 99.5 Å². The van der Waals surface area contributed by atoms with Crippen molar-refractivity contribution in [3.05, 3.63) is 217 Å². The van der Waals surface area contributed by atoms with Crippen LogP contribution >= 0.6 is 0 Å². The number of rotatable bonds is 12. The largest absolute Gasteiger partial charge is 0.309 e. The van der Waals surface area contributed by atoms with E-state index in [4.69, 9.17) is 0 Å². The van der Waals surface area contributed by atoms with E-state index in [1.54, 1.807) is 0 Å². The lowest BCUT2D eigenvalue weighted by atomic mass is 9.93. The van der Waals surface area contributed by atoms with Gasteiger partial charge in [-0.15, -0.1) is 0 Å². The molecule has 2 heterocycles. The minimum absolute atomic E-state index is 1.07. The van der Waals surface area contributed by atoms with Crippen LogP contribution in [0.2, 0.25) is 0 Å². The molecule has 0 aliphatic carbocycles. The van der Waals surface area contributed by atoms with Crippen LogP contribution < -0.4 is 0 Å². The van der Waals surface area contributed by atoms with E-state index in [1.165, 1.54) is 131 Å². The van der Waals surface area contributed by atoms with Crippen molar-refractivity contribution in [3.8, 4) is 55.9 Å². The summed E-state index contributed by atoms with van der Waals surface area (Å²) in [4.78, 5) is 0. The van der Waals surface area contributed by atoms with Crippen molar-refractivity contribution in [2.75, 3.05) is 0 Å². The van der Waals surface area contributed by atoms with Crippen molar-refractivity contribution in [1.82, 2.24) is 9.13 Å². The predicted octanol–water partition coefficient (Wildman–Crippen LogP) is 17.2. The Labute approximate surface area is 376 Å². The monoisotopic (exact) mass is 824 g/mol. The number of para-hydroxylation sites is 2. The molecule has 2 heteroatoms. The SMILES string of the molecule is CCCCc1cccc(-c2ccccc2-c2ccc(-n3c4ccccc4c4c5c6ccccc6n(-c6ccc(CCCC)cc6-c6ccc(-c7ccccc7)cc6)c5ccc43)cc2)c1. The third kappa shape index (κ3) is 7.00. The molecule has 11 rings (SSSR count). The number of unbranched alkanes of at least 4 members (excludes halogenated alkanes) is 2. The molecule has 0 spiro atoms. The lowest BCUT2D eigenvalue weighted by molar-refractivity contribution is 0.795. The maximum atomic E-state index is 2.52. The first-order chi connectivity index (χ1) is 31.7. The normalized spacial score (nSPS) is 11.7. The minimum Gasteiger partial charge on any atom is -0.309 e. The van der Waals surface area contributed by atoms with Crippen molar-refractivity contribution >= 4 is 43.6 Å². The van der Waals surface area contributed by atoms with Crippen LogP contribution in [0.5, 0.6) is 0 Å². The van der Waals surface area contributed by atoms with Crippen molar-refractivity contribution in [3.63, 3.8) is 0 Å². The zero-order valence-corrected chi connectivity index (χ0v) is 36.8. The highest BCUT2D eigenvalue weighted by molar-refractivity contribution is 6.29. The molecule has 0 N–H and O–H groups in total. The van der Waals surface area contributed by atoms with Gasteiger partial charge < -0.3 is 9.13 Å². The van der Waals surface area contributed by atoms with Gasteiger partial charge in [-0.3, -0.25) is 0 Å². The summed E-state index contributed by atoms with van der Waals surface area (Å²) < 4.78 is 4.98. The summed E-state index contributed by atoms with van der Waals surface area (Å²) in [5, 5.41) is 5.09. The Morgan fingerprint density at radius 1 is 0.328 bits per heavy atom. The van der Waals surface area contributed by atoms with Gasteiger partial charge in [-0.1, -0.05) is 184 Å². The molecule has 0 saturated carbocycles. The number of hydrogen-bond donors (Lipinski definition) is 0. The highest BCUT2D eigenvalue weighted by Gasteiger charge is 2.22. The van der Waals surface area contributed by atoms with Gasteiger partial charge in [-0.05, 0) is 124 Å². The smallest absolute Gasteiger partial charge is 0.0549 e. The fourth-order valence-corrected chi connectivity index (χ4v) is 10.1. The molecule has 0 radical (unpaired) electrons. The van der Waals surface area contributed by atoms with Gasteiger partial charge in [0.15, 0.2) is 0 Å². The fourth-order valence-electron chi connectivity index (χ4n) is 10.1. The standard InChI is InChI=1S/C62H52N2/c1-3-5-17-43-19-16-22-49(41-43)52-24-11-10-23-51(52)47-34-36-50(37-35-47)63-56-27-14-12-25-53(56)61-59(63)39-40-60-62(61)54-26-13-15-28-57(54)64(60)58-38-29-44(18-6-4-2)42-55(58)48-32-30-46(31-33-48)45-20-8-7-9-21-45/h7-16,19-42H,3-6,17-18H2,1-2H3. The summed E-state index contributed by atoms with van der Waals surface area (Å²) in [5.41, 5.74) is 19.9. The third-order valence-electron chi connectivity index (χ3n) is 13.3. The van der Waals surface area contributed by atoms with Gasteiger partial charge >= 0.3 is 0 Å². The molecule has 0 unspecified atom stereocenters. The van der Waals surface area contributed by atoms with Gasteiger partial charge in [-0.2, -0.15) is 0 Å². The summed E-state index contributed by atoms with van der Waals surface area (Å²) in [5.74, 6) is 0. The van der Waals surface area contributed by atoms with Gasteiger partial charge in [-0.25, -0.2) is 0 Å². The average Bonchev–Trinajstić information content (AvgIpc) is 3.88. The number of aryl methyl sites for hydroxylation is 2. The van der Waals surface area contributed by atoms with Gasteiger partial charge in [0.25, 0.3) is 0 Å². The molecule has 0 aliphatic heterocycles. The Hall–Kier alpha value is -7.42. The number of benzene rings is 9. The molecule has 64 heavy (non-hydrogen) atoms. The van der Waals surface area contributed by atoms with Crippen LogP contribution in [0.1, 0.15) is 50.7 Å². The van der Waals surface area contributed by atoms with E-state index in [1.807, 2.05) is 0 Å². The molecule has 11 aromatic rings. The topological polar surface area (TPSA) is 9.86 Å². The third-order valence-corrected chi connectivity index (χ3v) is 13.3. The lowest BCUT2D eigenvalue weighted by Crippen LogP contribution is -1.99. The molecular formula is C62H52N2. The lowest BCUT2D eigenvalue weighted by Gasteiger charge is -2.16. The zero-order valence-electron chi connectivity index (χ0n) is 36.8. The zero-order chi connectivity index (χ0) is 43.0. The Balaban J connectivity index is 1.06. The molecule has 2 aromatic heterocycles. The van der Waals surface area contributed by atoms with Crippen molar-refractivity contribution in [2.45, 2.75) is 52.4 Å². The molecule has 310 valence electrons. The van der Waals surface area contributed by atoms with Gasteiger partial charge in [0.2, 0.25) is 0 Å². The summed E-state index contributed by atoms with van der Waals surface area (Å²) >= 11 is 0. The summed E-state index contributed by atoms with van der Waals surface area (Å²) in [6.07, 6.45) is 6.94. The molecular weight excluding hydrogens is 773 g/mol. The minimum atomic E-state index is 1.07. The van der Waals surface area contributed by atoms with Gasteiger partial charge in [0, 0.05) is 32.8 Å². The van der Waals surface area contributed by atoms with Crippen LogP contribution in [0.15, 0.2) is 206 Å². The number of hydrogen-bond acceptors (Lipinski definition) is 0. The maximum Gasteiger partial charge on any atom is 0.0549 e. The van der Waals surface area contributed by atoms with Crippen molar-refractivity contribution in [2.24, 2.45) is 0 Å². The Morgan fingerprint density at radius 3 is 1.50 bits per heavy atom. The van der Waals surface area contributed by atoms with Crippen molar-refractivity contribution in [1.29, 1.82) is 0 Å². The average molecular weight is 825 g/mol. The first-order valence-corrected chi connectivity index (χ1v) is 23.2. The van der Waals surface area contributed by atoms with E-state index >= 15 is 0 Å². The van der Waals surface area contributed by atoms with Gasteiger partial charge in [0.05, 0.1) is 27.8 Å². The van der Waals surface area contributed by atoms with Crippen LogP contribution in [-0.2, 0) is 12.8 Å². The quantitative estimate of drug-likeness (QED) is 0.116. The first-order valence-electron chi connectivity index (χ1n) is 23.2. The Morgan fingerprint density at radius 2 is 0.828 bits per heavy atom. The first kappa shape index (κ1) is 39.4. The number of nitrogens with zero attached hydrogens (tertiary/aromatic N) is 2. The second kappa shape index (κ2) is 17.0. The van der Waals surface area contributed by atoms with Crippen LogP contribution in [0.3, 0.4) is 0 Å². The molecule has 2 nitrogen and oxygen atoms in total. The Bertz CT molecular complexity index is 3440. The summed E-state index contributed by atoms with van der Waals surface area (Å²) in [6, 6.07) is 76.8. The van der Waals surface area contributed by atoms with E-state index in [0.717, 1.165) is 18.5 Å². The summed E-state index contributed by atoms with van der Waals surface area (Å²) in [7, 11) is 0. The highest BCUT2D eigenvalue weighted by atomic mass is 15.0. The van der Waals surface area contributed by atoms with E-state index in [-0.39, 0.29) is 0 Å². The second-order valence-electron chi connectivity index (χ2n) is 17.4. The van der Waals surface area contributed by atoms with E-state index in [2.05, 4.69) is 229 Å². The molecule has 0 bridgehead atoms. The van der Waals surface area contributed by atoms with E-state index in [0.29, 0.717) is 0 Å². The molecule has 0 atom stereocenters.